The van der Waals surface area contributed by atoms with Crippen LogP contribution in [0.25, 0.3) is 0 Å². The summed E-state index contributed by atoms with van der Waals surface area (Å²) in [6.45, 7) is 4.28. The number of carbonyl (C=O) groups is 1. The van der Waals surface area contributed by atoms with Crippen LogP contribution in [0.2, 0.25) is 0 Å². The molecular weight excluding hydrogens is 286 g/mol. The molecule has 2 N–H and O–H groups in total. The molecule has 1 aromatic rings. The van der Waals surface area contributed by atoms with Gasteiger partial charge in [0.25, 0.3) is 5.91 Å². The maximum Gasteiger partial charge on any atom is 0.253 e. The predicted octanol–water partition coefficient (Wildman–Crippen LogP) is 1.88. The van der Waals surface area contributed by atoms with Crippen molar-refractivity contribution in [1.29, 1.82) is 0 Å². The molecule has 1 heterocycles. The summed E-state index contributed by atoms with van der Waals surface area (Å²) >= 11 is 0. The summed E-state index contributed by atoms with van der Waals surface area (Å²) in [5.74, 6) is 0.154. The molecule has 4 nitrogen and oxygen atoms in total. The summed E-state index contributed by atoms with van der Waals surface area (Å²) in [7, 11) is 0. The van der Waals surface area contributed by atoms with E-state index in [9.17, 15) is 4.79 Å². The van der Waals surface area contributed by atoms with Crippen LogP contribution in [-0.2, 0) is 6.54 Å². The first kappa shape index (κ1) is 16.3. The Morgan fingerprint density at radius 1 is 1.10 bits per heavy atom. The highest BCUT2D eigenvalue weighted by Gasteiger charge is 2.29. The Morgan fingerprint density at radius 2 is 1.71 bits per heavy atom. The zero-order chi connectivity index (χ0) is 13.9. The highest BCUT2D eigenvalue weighted by molar-refractivity contribution is 5.94. The molecule has 1 amide bonds. The molecule has 3 rings (SSSR count). The minimum atomic E-state index is 0. The van der Waals surface area contributed by atoms with Gasteiger partial charge in [-0.1, -0.05) is 18.6 Å². The molecule has 21 heavy (non-hydrogen) atoms. The second-order valence-corrected chi connectivity index (χ2v) is 5.81. The van der Waals surface area contributed by atoms with Crippen molar-refractivity contribution in [3.05, 3.63) is 35.4 Å². The van der Waals surface area contributed by atoms with Crippen LogP contribution < -0.4 is 5.73 Å². The molecule has 1 saturated carbocycles. The number of carbonyl (C=O) groups excluding carboxylic acids is 1. The van der Waals surface area contributed by atoms with Gasteiger partial charge in [-0.15, -0.1) is 12.4 Å². The van der Waals surface area contributed by atoms with Crippen molar-refractivity contribution in [3.63, 3.8) is 0 Å². The zero-order valence-electron chi connectivity index (χ0n) is 12.3. The third kappa shape index (κ3) is 3.57. The quantitative estimate of drug-likeness (QED) is 0.927. The molecule has 0 atom stereocenters. The van der Waals surface area contributed by atoms with Crippen molar-refractivity contribution in [2.24, 2.45) is 5.73 Å². The average molecular weight is 310 g/mol. The van der Waals surface area contributed by atoms with E-state index in [1.54, 1.807) is 0 Å². The Balaban J connectivity index is 0.00000161. The maximum atomic E-state index is 12.4. The molecule has 0 spiro atoms. The lowest BCUT2D eigenvalue weighted by molar-refractivity contribution is 0.0455. The molecule has 116 valence electrons. The summed E-state index contributed by atoms with van der Waals surface area (Å²) in [6.07, 6.45) is 4.06. The summed E-state index contributed by atoms with van der Waals surface area (Å²) < 4.78 is 0. The van der Waals surface area contributed by atoms with Gasteiger partial charge in [-0.25, -0.2) is 0 Å². The van der Waals surface area contributed by atoms with E-state index in [4.69, 9.17) is 5.73 Å². The van der Waals surface area contributed by atoms with Crippen LogP contribution in [0.4, 0.5) is 0 Å². The van der Waals surface area contributed by atoms with Crippen molar-refractivity contribution < 1.29 is 4.79 Å². The van der Waals surface area contributed by atoms with E-state index in [2.05, 4.69) is 4.90 Å². The van der Waals surface area contributed by atoms with Crippen LogP contribution in [-0.4, -0.2) is 47.9 Å². The van der Waals surface area contributed by atoms with E-state index < -0.39 is 0 Å². The van der Waals surface area contributed by atoms with E-state index in [1.807, 2.05) is 29.2 Å². The Morgan fingerprint density at radius 3 is 2.19 bits per heavy atom. The second kappa shape index (κ2) is 7.25. The number of rotatable bonds is 3. The van der Waals surface area contributed by atoms with Crippen LogP contribution in [0, 0.1) is 0 Å². The lowest BCUT2D eigenvalue weighted by Crippen LogP contribution is -2.53. The minimum absolute atomic E-state index is 0. The van der Waals surface area contributed by atoms with Gasteiger partial charge in [0.2, 0.25) is 0 Å². The Bertz CT molecular complexity index is 465. The average Bonchev–Trinajstić information content (AvgIpc) is 2.46. The zero-order valence-corrected chi connectivity index (χ0v) is 13.1. The normalized spacial score (nSPS) is 19.8. The smallest absolute Gasteiger partial charge is 0.253 e. The Hall–Kier alpha value is -1.10. The number of piperazine rings is 1. The first-order valence-electron chi connectivity index (χ1n) is 7.60. The topological polar surface area (TPSA) is 49.6 Å². The van der Waals surface area contributed by atoms with Crippen LogP contribution in [0.5, 0.6) is 0 Å². The van der Waals surface area contributed by atoms with Crippen LogP contribution in [0.3, 0.4) is 0 Å². The largest absolute Gasteiger partial charge is 0.336 e. The van der Waals surface area contributed by atoms with Crippen molar-refractivity contribution in [1.82, 2.24) is 9.80 Å². The monoisotopic (exact) mass is 309 g/mol. The van der Waals surface area contributed by atoms with Crippen molar-refractivity contribution in [2.75, 3.05) is 26.2 Å². The van der Waals surface area contributed by atoms with Gasteiger partial charge in [-0.05, 0) is 30.5 Å². The van der Waals surface area contributed by atoms with Gasteiger partial charge in [-0.3, -0.25) is 9.69 Å². The van der Waals surface area contributed by atoms with Gasteiger partial charge < -0.3 is 10.6 Å². The fraction of sp³-hybridized carbons (Fsp3) is 0.562. The third-order valence-corrected chi connectivity index (χ3v) is 4.63. The van der Waals surface area contributed by atoms with Gasteiger partial charge in [0, 0.05) is 44.3 Å². The number of hydrogen-bond donors (Lipinski definition) is 1. The SMILES string of the molecule is Cl.NCc1ccc(C(=O)N2CCN(C3CCC3)CC2)cc1. The third-order valence-electron chi connectivity index (χ3n) is 4.63. The van der Waals surface area contributed by atoms with E-state index in [-0.39, 0.29) is 18.3 Å². The number of nitrogens with zero attached hydrogens (tertiary/aromatic N) is 2. The maximum absolute atomic E-state index is 12.4. The van der Waals surface area contributed by atoms with Crippen LogP contribution >= 0.6 is 12.4 Å². The molecule has 1 aliphatic heterocycles. The minimum Gasteiger partial charge on any atom is -0.336 e. The number of halogens is 1. The van der Waals surface area contributed by atoms with Gasteiger partial charge in [0.05, 0.1) is 0 Å². The summed E-state index contributed by atoms with van der Waals surface area (Å²) in [5.41, 5.74) is 7.42. The molecule has 0 unspecified atom stereocenters. The molecule has 2 fully saturated rings. The number of benzene rings is 1. The molecule has 2 aliphatic rings. The second-order valence-electron chi connectivity index (χ2n) is 5.81. The molecule has 5 heteroatoms. The highest BCUT2D eigenvalue weighted by Crippen LogP contribution is 2.25. The molecule has 0 radical (unpaired) electrons. The molecule has 0 bridgehead atoms. The number of nitrogens with two attached hydrogens (primary N) is 1. The number of hydrogen-bond acceptors (Lipinski definition) is 3. The van der Waals surface area contributed by atoms with Crippen molar-refractivity contribution in [3.8, 4) is 0 Å². The summed E-state index contributed by atoms with van der Waals surface area (Å²) in [6, 6.07) is 8.46. The molecule has 1 aromatic carbocycles. The van der Waals surface area contributed by atoms with Crippen LogP contribution in [0.1, 0.15) is 35.2 Å². The van der Waals surface area contributed by atoms with E-state index in [0.717, 1.165) is 43.3 Å². The molecule has 1 saturated heterocycles. The lowest BCUT2D eigenvalue weighted by atomic mass is 9.91. The molecule has 0 aromatic heterocycles. The van der Waals surface area contributed by atoms with Gasteiger partial charge in [-0.2, -0.15) is 0 Å². The van der Waals surface area contributed by atoms with E-state index in [0.29, 0.717) is 6.54 Å². The van der Waals surface area contributed by atoms with E-state index >= 15 is 0 Å². The fourth-order valence-electron chi connectivity index (χ4n) is 3.01. The van der Waals surface area contributed by atoms with Gasteiger partial charge in [0.15, 0.2) is 0 Å². The standard InChI is InChI=1S/C16H23N3O.ClH/c17-12-13-4-6-14(7-5-13)16(20)19-10-8-18(9-11-19)15-2-1-3-15;/h4-7,15H,1-3,8-12,17H2;1H. The number of amides is 1. The van der Waals surface area contributed by atoms with Crippen LogP contribution in [0.15, 0.2) is 24.3 Å². The Kier molecular flexibility index (Phi) is 5.62. The highest BCUT2D eigenvalue weighted by atomic mass is 35.5. The molecule has 1 aliphatic carbocycles. The first-order valence-corrected chi connectivity index (χ1v) is 7.60. The molecular formula is C16H24ClN3O. The Labute approximate surface area is 132 Å². The summed E-state index contributed by atoms with van der Waals surface area (Å²) in [4.78, 5) is 17.0. The lowest BCUT2D eigenvalue weighted by Gasteiger charge is -2.42. The van der Waals surface area contributed by atoms with Gasteiger partial charge >= 0.3 is 0 Å². The summed E-state index contributed by atoms with van der Waals surface area (Å²) in [5, 5.41) is 0. The van der Waals surface area contributed by atoms with Crippen molar-refractivity contribution >= 4 is 18.3 Å². The fourth-order valence-corrected chi connectivity index (χ4v) is 3.01. The first-order chi connectivity index (χ1) is 9.78. The predicted molar refractivity (Wildman–Crippen MR) is 86.7 cm³/mol. The van der Waals surface area contributed by atoms with Gasteiger partial charge in [0.1, 0.15) is 0 Å². The van der Waals surface area contributed by atoms with E-state index in [1.165, 1.54) is 19.3 Å². The van der Waals surface area contributed by atoms with Crippen molar-refractivity contribution in [2.45, 2.75) is 31.8 Å².